The van der Waals surface area contributed by atoms with E-state index in [4.69, 9.17) is 10.00 Å². The van der Waals surface area contributed by atoms with Crippen molar-refractivity contribution < 1.29 is 32.6 Å². The molecule has 0 fully saturated rings. The van der Waals surface area contributed by atoms with Crippen molar-refractivity contribution in [3.63, 3.8) is 0 Å². The lowest BCUT2D eigenvalue weighted by Gasteiger charge is -2.10. The van der Waals surface area contributed by atoms with E-state index in [1.165, 1.54) is 43.7 Å². The van der Waals surface area contributed by atoms with Gasteiger partial charge in [-0.15, -0.1) is 11.8 Å². The fraction of sp³-hybridized carbons (Fsp3) is 0.120. The third kappa shape index (κ3) is 7.49. The Morgan fingerprint density at radius 2 is 1.86 bits per heavy atom. The first kappa shape index (κ1) is 27.1. The average molecular weight is 529 g/mol. The number of nitrogens with zero attached hydrogens (tertiary/aromatic N) is 2. The number of aromatic hydroxyl groups is 1. The number of amides is 2. The molecule has 0 radical (unpaired) electrons. The molecule has 0 aliphatic rings. The molecule has 0 aromatic heterocycles. The van der Waals surface area contributed by atoms with Crippen LogP contribution < -0.4 is 15.5 Å². The molecule has 0 saturated carbocycles. The van der Waals surface area contributed by atoms with Gasteiger partial charge >= 0.3 is 6.18 Å². The first-order chi connectivity index (χ1) is 17.6. The molecule has 0 saturated heterocycles. The number of nitriles is 1. The third-order valence-corrected chi connectivity index (χ3v) is 5.83. The molecule has 0 aliphatic carbocycles. The van der Waals surface area contributed by atoms with Crippen LogP contribution in [0.15, 0.2) is 70.7 Å². The Bertz CT molecular complexity index is 1370. The normalized spacial score (nSPS) is 11.1. The zero-order chi connectivity index (χ0) is 27.0. The zero-order valence-corrected chi connectivity index (χ0v) is 20.0. The number of thioether (sulfide) groups is 1. The standard InChI is InChI=1S/C25H19F3N4O4S/c1-36-22-11-19(31-23(34)14-37-20-7-4-18(5-8-20)25(26,27)28)6-2-16(22)13-30-32-24(35)15-3-9-21(33)17(10-15)12-29/h2-11,13,33H,14H2,1H3,(H,31,34)(H,32,35)/b30-13+. The molecular formula is C25H19F3N4O4S. The SMILES string of the molecule is COc1cc(NC(=O)CSc2ccc(C(F)(F)F)cc2)ccc1/C=N/NC(=O)c1ccc(O)c(C#N)c1. The Labute approximate surface area is 213 Å². The van der Waals surface area contributed by atoms with Gasteiger partial charge in [-0.1, -0.05) is 0 Å². The van der Waals surface area contributed by atoms with Gasteiger partial charge in [-0.25, -0.2) is 5.43 Å². The van der Waals surface area contributed by atoms with Gasteiger partial charge in [-0.2, -0.15) is 23.5 Å². The number of halogens is 3. The Morgan fingerprint density at radius 3 is 2.51 bits per heavy atom. The van der Waals surface area contributed by atoms with E-state index in [-0.39, 0.29) is 28.5 Å². The molecule has 8 nitrogen and oxygen atoms in total. The van der Waals surface area contributed by atoms with Gasteiger partial charge in [-0.3, -0.25) is 9.59 Å². The van der Waals surface area contributed by atoms with Gasteiger partial charge < -0.3 is 15.2 Å². The van der Waals surface area contributed by atoms with Crippen molar-refractivity contribution in [2.24, 2.45) is 5.10 Å². The number of anilines is 1. The van der Waals surface area contributed by atoms with E-state index in [2.05, 4.69) is 15.8 Å². The van der Waals surface area contributed by atoms with Crippen molar-refractivity contribution in [2.75, 3.05) is 18.2 Å². The van der Waals surface area contributed by atoms with Gasteiger partial charge in [0.05, 0.1) is 30.2 Å². The highest BCUT2D eigenvalue weighted by atomic mass is 32.2. The molecule has 0 heterocycles. The summed E-state index contributed by atoms with van der Waals surface area (Å²) >= 11 is 1.09. The number of methoxy groups -OCH3 is 1. The molecule has 3 aromatic carbocycles. The van der Waals surface area contributed by atoms with E-state index in [9.17, 15) is 27.9 Å². The molecule has 3 aromatic rings. The van der Waals surface area contributed by atoms with E-state index in [0.717, 1.165) is 23.9 Å². The summed E-state index contributed by atoms with van der Waals surface area (Å²) in [5.74, 6) is -0.874. The molecule has 0 bridgehead atoms. The fourth-order valence-corrected chi connectivity index (χ4v) is 3.67. The minimum Gasteiger partial charge on any atom is -0.507 e. The lowest BCUT2D eigenvalue weighted by Crippen LogP contribution is -2.17. The smallest absolute Gasteiger partial charge is 0.416 e. The fourth-order valence-electron chi connectivity index (χ4n) is 2.97. The summed E-state index contributed by atoms with van der Waals surface area (Å²) in [4.78, 5) is 25.0. The van der Waals surface area contributed by atoms with Gasteiger partial charge in [0.2, 0.25) is 5.91 Å². The number of hydrazone groups is 1. The number of ether oxygens (including phenoxy) is 1. The number of carbonyl (C=O) groups is 2. The van der Waals surface area contributed by atoms with Crippen molar-refractivity contribution in [2.45, 2.75) is 11.1 Å². The molecule has 190 valence electrons. The molecule has 3 N–H and O–H groups in total. The largest absolute Gasteiger partial charge is 0.507 e. The molecule has 0 spiro atoms. The van der Waals surface area contributed by atoms with Crippen molar-refractivity contribution in [1.82, 2.24) is 5.43 Å². The minimum atomic E-state index is -4.42. The van der Waals surface area contributed by atoms with Crippen LogP contribution in [0.1, 0.15) is 27.0 Å². The number of benzene rings is 3. The third-order valence-electron chi connectivity index (χ3n) is 4.82. The van der Waals surface area contributed by atoms with Crippen molar-refractivity contribution in [1.29, 1.82) is 5.26 Å². The number of alkyl halides is 3. The Kier molecular flexibility index (Phi) is 8.76. The topological polar surface area (TPSA) is 124 Å². The molecule has 0 atom stereocenters. The molecule has 12 heteroatoms. The highest BCUT2D eigenvalue weighted by Crippen LogP contribution is 2.31. The highest BCUT2D eigenvalue weighted by Gasteiger charge is 2.29. The van der Waals surface area contributed by atoms with Crippen LogP contribution in [-0.2, 0) is 11.0 Å². The van der Waals surface area contributed by atoms with Crippen LogP contribution in [0.4, 0.5) is 18.9 Å². The number of nitrogens with one attached hydrogen (secondary N) is 2. The Balaban J connectivity index is 1.57. The van der Waals surface area contributed by atoms with Gasteiger partial charge in [0.25, 0.3) is 5.91 Å². The van der Waals surface area contributed by atoms with Crippen LogP contribution >= 0.6 is 11.8 Å². The number of phenols is 1. The number of rotatable bonds is 8. The highest BCUT2D eigenvalue weighted by molar-refractivity contribution is 8.00. The summed E-state index contributed by atoms with van der Waals surface area (Å²) in [7, 11) is 1.41. The van der Waals surface area contributed by atoms with Crippen LogP contribution in [0.25, 0.3) is 0 Å². The molecule has 37 heavy (non-hydrogen) atoms. The predicted octanol–water partition coefficient (Wildman–Crippen LogP) is 4.79. The Morgan fingerprint density at radius 1 is 1.14 bits per heavy atom. The van der Waals surface area contributed by atoms with Crippen LogP contribution in [0, 0.1) is 11.3 Å². The lowest BCUT2D eigenvalue weighted by atomic mass is 10.1. The second-order valence-corrected chi connectivity index (χ2v) is 8.41. The molecule has 2 amide bonds. The summed E-state index contributed by atoms with van der Waals surface area (Å²) in [5.41, 5.74) is 2.54. The summed E-state index contributed by atoms with van der Waals surface area (Å²) in [6.45, 7) is 0. The van der Waals surface area contributed by atoms with Gasteiger partial charge in [0, 0.05) is 27.8 Å². The van der Waals surface area contributed by atoms with E-state index in [1.807, 2.05) is 0 Å². The maximum Gasteiger partial charge on any atom is 0.416 e. The second-order valence-electron chi connectivity index (χ2n) is 7.36. The summed E-state index contributed by atoms with van der Waals surface area (Å²) in [5, 5.41) is 25.0. The first-order valence-electron chi connectivity index (χ1n) is 10.4. The first-order valence-corrected chi connectivity index (χ1v) is 11.4. The van der Waals surface area contributed by atoms with E-state index in [0.29, 0.717) is 21.9 Å². The number of phenolic OH excluding ortho intramolecular Hbond substituents is 1. The number of hydrogen-bond acceptors (Lipinski definition) is 7. The van der Waals surface area contributed by atoms with Crippen LogP contribution in [0.3, 0.4) is 0 Å². The van der Waals surface area contributed by atoms with Crippen molar-refractivity contribution in [3.05, 3.63) is 82.9 Å². The lowest BCUT2D eigenvalue weighted by molar-refractivity contribution is -0.137. The maximum atomic E-state index is 12.7. The maximum absolute atomic E-state index is 12.7. The minimum absolute atomic E-state index is 0.0201. The monoisotopic (exact) mass is 528 g/mol. The summed E-state index contributed by atoms with van der Waals surface area (Å²) < 4.78 is 43.3. The van der Waals surface area contributed by atoms with Gasteiger partial charge in [-0.05, 0) is 54.6 Å². The Hall–Kier alpha value is -4.50. The van der Waals surface area contributed by atoms with Crippen LogP contribution in [-0.4, -0.2) is 36.0 Å². The van der Waals surface area contributed by atoms with E-state index < -0.39 is 17.6 Å². The van der Waals surface area contributed by atoms with E-state index in [1.54, 1.807) is 24.3 Å². The number of hydrogen-bond donors (Lipinski definition) is 3. The summed E-state index contributed by atoms with van der Waals surface area (Å²) in [6.07, 6.45) is -3.09. The molecule has 3 rings (SSSR count). The van der Waals surface area contributed by atoms with Gasteiger partial charge in [0.15, 0.2) is 0 Å². The summed E-state index contributed by atoms with van der Waals surface area (Å²) in [6, 6.07) is 14.8. The molecule has 0 aliphatic heterocycles. The zero-order valence-electron chi connectivity index (χ0n) is 19.2. The number of carbonyl (C=O) groups excluding carboxylic acids is 2. The quantitative estimate of drug-likeness (QED) is 0.220. The van der Waals surface area contributed by atoms with Crippen LogP contribution in [0.5, 0.6) is 11.5 Å². The van der Waals surface area contributed by atoms with Gasteiger partial charge in [0.1, 0.15) is 17.6 Å². The molecular weight excluding hydrogens is 509 g/mol. The average Bonchev–Trinajstić information content (AvgIpc) is 2.88. The second kappa shape index (κ2) is 12.0. The van der Waals surface area contributed by atoms with Crippen molar-refractivity contribution in [3.8, 4) is 17.6 Å². The molecule has 0 unspecified atom stereocenters. The van der Waals surface area contributed by atoms with Crippen LogP contribution in [0.2, 0.25) is 0 Å². The van der Waals surface area contributed by atoms with Crippen molar-refractivity contribution >= 4 is 35.5 Å². The van der Waals surface area contributed by atoms with E-state index >= 15 is 0 Å². The predicted molar refractivity (Wildman–Crippen MR) is 132 cm³/mol.